The standard InChI is InChI=1S/C20H14BrNO/c21-16-11-9-14(10-12-16)13-5-7-15(8-6-13)20-19(22)17-3-1-2-4-18(17)23-20/h1-12H,22H2. The van der Waals surface area contributed by atoms with E-state index in [2.05, 4.69) is 40.2 Å². The first-order valence-electron chi connectivity index (χ1n) is 7.36. The molecule has 4 aromatic rings. The molecule has 1 aromatic heterocycles. The molecule has 112 valence electrons. The number of benzene rings is 3. The molecule has 0 radical (unpaired) electrons. The minimum atomic E-state index is 0.692. The van der Waals surface area contributed by atoms with Crippen LogP contribution in [0.4, 0.5) is 5.69 Å². The van der Waals surface area contributed by atoms with E-state index in [4.69, 9.17) is 10.2 Å². The van der Waals surface area contributed by atoms with Crippen LogP contribution in [-0.4, -0.2) is 0 Å². The van der Waals surface area contributed by atoms with Crippen molar-refractivity contribution in [1.29, 1.82) is 0 Å². The number of anilines is 1. The fourth-order valence-electron chi connectivity index (χ4n) is 2.74. The second-order valence-corrected chi connectivity index (χ2v) is 6.34. The van der Waals surface area contributed by atoms with Crippen molar-refractivity contribution >= 4 is 32.6 Å². The molecule has 2 N–H and O–H groups in total. The first-order chi connectivity index (χ1) is 11.2. The number of hydrogen-bond acceptors (Lipinski definition) is 2. The van der Waals surface area contributed by atoms with Gasteiger partial charge in [-0.05, 0) is 35.4 Å². The maximum atomic E-state index is 6.24. The predicted molar refractivity (Wildman–Crippen MR) is 99.2 cm³/mol. The molecule has 3 heteroatoms. The molecule has 23 heavy (non-hydrogen) atoms. The Hall–Kier alpha value is -2.52. The summed E-state index contributed by atoms with van der Waals surface area (Å²) in [6, 6.07) is 24.4. The summed E-state index contributed by atoms with van der Waals surface area (Å²) in [5, 5.41) is 0.958. The molecule has 0 unspecified atom stereocenters. The first kappa shape index (κ1) is 14.1. The van der Waals surface area contributed by atoms with Crippen LogP contribution in [0.15, 0.2) is 81.7 Å². The smallest absolute Gasteiger partial charge is 0.158 e. The predicted octanol–water partition coefficient (Wildman–Crippen LogP) is 6.11. The third-order valence-electron chi connectivity index (χ3n) is 3.96. The molecule has 0 saturated heterocycles. The lowest BCUT2D eigenvalue weighted by molar-refractivity contribution is 0.633. The van der Waals surface area contributed by atoms with Gasteiger partial charge in [0.15, 0.2) is 5.76 Å². The Bertz CT molecular complexity index is 969. The Morgan fingerprint density at radius 3 is 1.91 bits per heavy atom. The van der Waals surface area contributed by atoms with Gasteiger partial charge in [-0.15, -0.1) is 0 Å². The van der Waals surface area contributed by atoms with Gasteiger partial charge in [0.25, 0.3) is 0 Å². The van der Waals surface area contributed by atoms with Gasteiger partial charge in [0, 0.05) is 15.4 Å². The van der Waals surface area contributed by atoms with Crippen LogP contribution in [0, 0.1) is 0 Å². The van der Waals surface area contributed by atoms with Crippen molar-refractivity contribution in [3.8, 4) is 22.5 Å². The molecule has 1 heterocycles. The summed E-state index contributed by atoms with van der Waals surface area (Å²) in [7, 11) is 0. The van der Waals surface area contributed by atoms with Crippen LogP contribution in [0.25, 0.3) is 33.4 Å². The molecule has 0 aliphatic heterocycles. The van der Waals surface area contributed by atoms with Gasteiger partial charge >= 0.3 is 0 Å². The normalized spacial score (nSPS) is 11.0. The molecule has 0 spiro atoms. The Morgan fingerprint density at radius 2 is 1.26 bits per heavy atom. The summed E-state index contributed by atoms with van der Waals surface area (Å²) >= 11 is 3.46. The number of para-hydroxylation sites is 1. The molecule has 2 nitrogen and oxygen atoms in total. The van der Waals surface area contributed by atoms with Gasteiger partial charge in [0.2, 0.25) is 0 Å². The summed E-state index contributed by atoms with van der Waals surface area (Å²) in [6.45, 7) is 0. The van der Waals surface area contributed by atoms with E-state index in [9.17, 15) is 0 Å². The zero-order valence-electron chi connectivity index (χ0n) is 12.3. The van der Waals surface area contributed by atoms with Crippen molar-refractivity contribution in [3.05, 3.63) is 77.3 Å². The fraction of sp³-hybridized carbons (Fsp3) is 0. The largest absolute Gasteiger partial charge is 0.454 e. The Labute approximate surface area is 142 Å². The number of nitrogen functional groups attached to an aromatic ring is 1. The van der Waals surface area contributed by atoms with Crippen molar-refractivity contribution in [2.24, 2.45) is 0 Å². The lowest BCUT2D eigenvalue weighted by Gasteiger charge is -2.04. The third kappa shape index (κ3) is 2.53. The SMILES string of the molecule is Nc1c(-c2ccc(-c3ccc(Br)cc3)cc2)oc2ccccc12. The molecule has 0 bridgehead atoms. The molecule has 0 amide bonds. The first-order valence-corrected chi connectivity index (χ1v) is 8.15. The molecule has 0 aliphatic rings. The number of fused-ring (bicyclic) bond motifs is 1. The van der Waals surface area contributed by atoms with Crippen LogP contribution < -0.4 is 5.73 Å². The summed E-state index contributed by atoms with van der Waals surface area (Å²) in [4.78, 5) is 0. The highest BCUT2D eigenvalue weighted by molar-refractivity contribution is 9.10. The van der Waals surface area contributed by atoms with Crippen molar-refractivity contribution in [1.82, 2.24) is 0 Å². The van der Waals surface area contributed by atoms with E-state index in [1.807, 2.05) is 48.5 Å². The van der Waals surface area contributed by atoms with Crippen LogP contribution in [0.5, 0.6) is 0 Å². The molecular weight excluding hydrogens is 350 g/mol. The Morgan fingerprint density at radius 1 is 0.696 bits per heavy atom. The zero-order valence-corrected chi connectivity index (χ0v) is 13.9. The van der Waals surface area contributed by atoms with Gasteiger partial charge in [0.05, 0.1) is 5.69 Å². The Kier molecular flexibility index (Phi) is 3.43. The summed E-state index contributed by atoms with van der Waals surface area (Å²) < 4.78 is 6.99. The second-order valence-electron chi connectivity index (χ2n) is 5.43. The van der Waals surface area contributed by atoms with Gasteiger partial charge in [-0.1, -0.05) is 64.5 Å². The van der Waals surface area contributed by atoms with Gasteiger partial charge in [-0.2, -0.15) is 0 Å². The number of rotatable bonds is 2. The molecular formula is C20H14BrNO. The van der Waals surface area contributed by atoms with Crippen LogP contribution in [0.1, 0.15) is 0 Å². The highest BCUT2D eigenvalue weighted by atomic mass is 79.9. The van der Waals surface area contributed by atoms with E-state index < -0.39 is 0 Å². The summed E-state index contributed by atoms with van der Waals surface area (Å²) in [5.74, 6) is 0.730. The maximum Gasteiger partial charge on any atom is 0.158 e. The van der Waals surface area contributed by atoms with Gasteiger partial charge < -0.3 is 10.2 Å². The van der Waals surface area contributed by atoms with Crippen LogP contribution >= 0.6 is 15.9 Å². The number of halogens is 1. The van der Waals surface area contributed by atoms with Crippen molar-refractivity contribution in [2.75, 3.05) is 5.73 Å². The highest BCUT2D eigenvalue weighted by Crippen LogP contribution is 2.36. The maximum absolute atomic E-state index is 6.24. The second kappa shape index (κ2) is 5.60. The van der Waals surface area contributed by atoms with Crippen LogP contribution in [0.3, 0.4) is 0 Å². The average Bonchev–Trinajstić information content (AvgIpc) is 2.93. The van der Waals surface area contributed by atoms with Gasteiger partial charge in [-0.3, -0.25) is 0 Å². The van der Waals surface area contributed by atoms with Crippen molar-refractivity contribution in [3.63, 3.8) is 0 Å². The summed E-state index contributed by atoms with van der Waals surface area (Å²) in [5.41, 5.74) is 11.1. The monoisotopic (exact) mass is 363 g/mol. The van der Waals surface area contributed by atoms with Gasteiger partial charge in [0.1, 0.15) is 5.58 Å². The molecule has 3 aromatic carbocycles. The minimum Gasteiger partial charge on any atom is -0.454 e. The van der Waals surface area contributed by atoms with E-state index in [1.54, 1.807) is 0 Å². The molecule has 4 rings (SSSR count). The average molecular weight is 364 g/mol. The fourth-order valence-corrected chi connectivity index (χ4v) is 3.00. The topological polar surface area (TPSA) is 39.2 Å². The summed E-state index contributed by atoms with van der Waals surface area (Å²) in [6.07, 6.45) is 0. The van der Waals surface area contributed by atoms with Gasteiger partial charge in [-0.25, -0.2) is 0 Å². The molecule has 0 atom stereocenters. The Balaban J connectivity index is 1.75. The van der Waals surface area contributed by atoms with E-state index in [0.717, 1.165) is 32.3 Å². The molecule has 0 aliphatic carbocycles. The number of nitrogens with two attached hydrogens (primary N) is 1. The van der Waals surface area contributed by atoms with E-state index >= 15 is 0 Å². The molecule has 0 saturated carbocycles. The quantitative estimate of drug-likeness (QED) is 0.466. The van der Waals surface area contributed by atoms with E-state index in [1.165, 1.54) is 5.56 Å². The number of hydrogen-bond donors (Lipinski definition) is 1. The lowest BCUT2D eigenvalue weighted by Crippen LogP contribution is -1.86. The zero-order chi connectivity index (χ0) is 15.8. The third-order valence-corrected chi connectivity index (χ3v) is 4.49. The van der Waals surface area contributed by atoms with E-state index in [0.29, 0.717) is 5.69 Å². The van der Waals surface area contributed by atoms with Crippen LogP contribution in [-0.2, 0) is 0 Å². The highest BCUT2D eigenvalue weighted by Gasteiger charge is 2.12. The lowest BCUT2D eigenvalue weighted by atomic mass is 10.0. The van der Waals surface area contributed by atoms with Crippen molar-refractivity contribution in [2.45, 2.75) is 0 Å². The van der Waals surface area contributed by atoms with Crippen molar-refractivity contribution < 1.29 is 4.42 Å². The van der Waals surface area contributed by atoms with E-state index in [-0.39, 0.29) is 0 Å². The molecule has 0 fully saturated rings. The minimum absolute atomic E-state index is 0.692. The van der Waals surface area contributed by atoms with Crippen LogP contribution in [0.2, 0.25) is 0 Å². The number of furan rings is 1.